The first kappa shape index (κ1) is 8.50. The summed E-state index contributed by atoms with van der Waals surface area (Å²) in [5.41, 5.74) is 6.58. The molecule has 64 valence electrons. The fourth-order valence-corrected chi connectivity index (χ4v) is 1.42. The summed E-state index contributed by atoms with van der Waals surface area (Å²) >= 11 is 0. The van der Waals surface area contributed by atoms with Crippen molar-refractivity contribution in [1.29, 1.82) is 0 Å². The van der Waals surface area contributed by atoms with E-state index in [0.717, 1.165) is 5.57 Å². The van der Waals surface area contributed by atoms with Gasteiger partial charge in [-0.1, -0.05) is 13.8 Å². The van der Waals surface area contributed by atoms with Gasteiger partial charge in [0.15, 0.2) is 0 Å². The maximum absolute atomic E-state index is 12.7. The van der Waals surface area contributed by atoms with Crippen LogP contribution in [0, 0.1) is 5.92 Å². The normalized spacial score (nSPS) is 23.4. The van der Waals surface area contributed by atoms with Gasteiger partial charge in [-0.3, -0.25) is 0 Å². The molecule has 0 heterocycles. The quantitative estimate of drug-likeness (QED) is 0.627. The van der Waals surface area contributed by atoms with Crippen molar-refractivity contribution in [2.75, 3.05) is 0 Å². The summed E-state index contributed by atoms with van der Waals surface area (Å²) in [5.74, 6) is -2.42. The van der Waals surface area contributed by atoms with Gasteiger partial charge in [0.1, 0.15) is 0 Å². The fraction of sp³-hybridized carbons (Fsp3) is 0.750. The summed E-state index contributed by atoms with van der Waals surface area (Å²) in [6, 6.07) is 0. The molecule has 3 heteroatoms. The molecular formula is C8H13F2N. The highest BCUT2D eigenvalue weighted by molar-refractivity contribution is 5.22. The lowest BCUT2D eigenvalue weighted by atomic mass is 10.0. The predicted molar refractivity (Wildman–Crippen MR) is 40.2 cm³/mol. The Hall–Kier alpha value is -0.600. The van der Waals surface area contributed by atoms with Crippen molar-refractivity contribution >= 4 is 0 Å². The number of nitrogens with two attached hydrogens (primary N) is 1. The lowest BCUT2D eigenvalue weighted by Gasteiger charge is -2.09. The average Bonchev–Trinajstić information content (AvgIpc) is 2.05. The topological polar surface area (TPSA) is 26.0 Å². The number of alkyl halides is 2. The Morgan fingerprint density at radius 2 is 1.91 bits per heavy atom. The van der Waals surface area contributed by atoms with Crippen LogP contribution in [0.4, 0.5) is 8.78 Å². The molecule has 0 fully saturated rings. The molecular weight excluding hydrogens is 148 g/mol. The molecule has 0 amide bonds. The van der Waals surface area contributed by atoms with E-state index >= 15 is 0 Å². The van der Waals surface area contributed by atoms with Crippen LogP contribution >= 0.6 is 0 Å². The van der Waals surface area contributed by atoms with E-state index in [1.54, 1.807) is 0 Å². The minimum Gasteiger partial charge on any atom is -0.402 e. The number of hydrogen-bond donors (Lipinski definition) is 1. The van der Waals surface area contributed by atoms with E-state index in [1.807, 2.05) is 13.8 Å². The van der Waals surface area contributed by atoms with Crippen molar-refractivity contribution in [2.45, 2.75) is 32.6 Å². The van der Waals surface area contributed by atoms with Crippen molar-refractivity contribution in [2.24, 2.45) is 11.7 Å². The average molecular weight is 161 g/mol. The lowest BCUT2D eigenvalue weighted by Crippen LogP contribution is -2.11. The summed E-state index contributed by atoms with van der Waals surface area (Å²) < 4.78 is 25.4. The molecule has 0 unspecified atom stereocenters. The van der Waals surface area contributed by atoms with Gasteiger partial charge in [-0.05, 0) is 11.5 Å². The van der Waals surface area contributed by atoms with Crippen LogP contribution in [0.1, 0.15) is 26.7 Å². The van der Waals surface area contributed by atoms with Crippen LogP contribution in [0.5, 0.6) is 0 Å². The maximum Gasteiger partial charge on any atom is 0.257 e. The Kier molecular flexibility index (Phi) is 1.90. The van der Waals surface area contributed by atoms with Crippen molar-refractivity contribution < 1.29 is 8.78 Å². The van der Waals surface area contributed by atoms with Gasteiger partial charge in [0.2, 0.25) is 0 Å². The van der Waals surface area contributed by atoms with Gasteiger partial charge in [0.05, 0.1) is 6.42 Å². The molecule has 1 aliphatic rings. The molecule has 0 bridgehead atoms. The van der Waals surface area contributed by atoms with Crippen LogP contribution in [-0.2, 0) is 0 Å². The van der Waals surface area contributed by atoms with Crippen molar-refractivity contribution in [1.82, 2.24) is 0 Å². The van der Waals surface area contributed by atoms with Crippen molar-refractivity contribution in [3.05, 3.63) is 11.3 Å². The minimum absolute atomic E-state index is 0.142. The first-order chi connectivity index (χ1) is 4.92. The van der Waals surface area contributed by atoms with Crippen LogP contribution in [-0.4, -0.2) is 5.92 Å². The highest BCUT2D eigenvalue weighted by Crippen LogP contribution is 2.39. The zero-order chi connectivity index (χ0) is 8.65. The minimum atomic E-state index is -2.58. The second kappa shape index (κ2) is 2.47. The smallest absolute Gasteiger partial charge is 0.257 e. The largest absolute Gasteiger partial charge is 0.402 e. The van der Waals surface area contributed by atoms with E-state index in [2.05, 4.69) is 0 Å². The first-order valence-corrected chi connectivity index (χ1v) is 3.77. The summed E-state index contributed by atoms with van der Waals surface area (Å²) in [7, 11) is 0. The van der Waals surface area contributed by atoms with E-state index in [1.165, 1.54) is 0 Å². The van der Waals surface area contributed by atoms with Gasteiger partial charge < -0.3 is 5.73 Å². The molecule has 0 saturated heterocycles. The van der Waals surface area contributed by atoms with Gasteiger partial charge >= 0.3 is 0 Å². The van der Waals surface area contributed by atoms with Gasteiger partial charge in [0, 0.05) is 12.1 Å². The van der Waals surface area contributed by atoms with Crippen molar-refractivity contribution in [3.63, 3.8) is 0 Å². The second-order valence-corrected chi connectivity index (χ2v) is 3.41. The summed E-state index contributed by atoms with van der Waals surface area (Å²) in [5, 5.41) is 0. The van der Waals surface area contributed by atoms with Gasteiger partial charge in [-0.25, -0.2) is 8.78 Å². The fourth-order valence-electron chi connectivity index (χ4n) is 1.42. The molecule has 0 aromatic heterocycles. The van der Waals surface area contributed by atoms with E-state index in [4.69, 9.17) is 5.73 Å². The Morgan fingerprint density at radius 1 is 1.36 bits per heavy atom. The molecule has 0 aromatic carbocycles. The first-order valence-electron chi connectivity index (χ1n) is 3.77. The molecule has 0 aliphatic heterocycles. The van der Waals surface area contributed by atoms with Gasteiger partial charge in [-0.15, -0.1) is 0 Å². The van der Waals surface area contributed by atoms with Crippen LogP contribution in [0.2, 0.25) is 0 Å². The van der Waals surface area contributed by atoms with E-state index in [9.17, 15) is 8.78 Å². The molecule has 2 N–H and O–H groups in total. The van der Waals surface area contributed by atoms with E-state index in [-0.39, 0.29) is 18.8 Å². The molecule has 1 rings (SSSR count). The molecule has 1 aliphatic carbocycles. The van der Waals surface area contributed by atoms with Gasteiger partial charge in [-0.2, -0.15) is 0 Å². The van der Waals surface area contributed by atoms with E-state index < -0.39 is 5.92 Å². The SMILES string of the molecule is CC(C)C1=C(N)CC(F)(F)C1. The number of allylic oxidation sites excluding steroid dienone is 2. The molecule has 0 spiro atoms. The molecule has 11 heavy (non-hydrogen) atoms. The molecule has 1 nitrogen and oxygen atoms in total. The molecule has 0 aromatic rings. The third-order valence-electron chi connectivity index (χ3n) is 2.01. The van der Waals surface area contributed by atoms with Gasteiger partial charge in [0.25, 0.3) is 5.92 Å². The predicted octanol–water partition coefficient (Wildman–Crippen LogP) is 2.28. The number of hydrogen-bond acceptors (Lipinski definition) is 1. The highest BCUT2D eigenvalue weighted by atomic mass is 19.3. The zero-order valence-electron chi connectivity index (χ0n) is 6.82. The third kappa shape index (κ3) is 1.70. The molecule has 0 saturated carbocycles. The van der Waals surface area contributed by atoms with Crippen LogP contribution in [0.25, 0.3) is 0 Å². The summed E-state index contributed by atoms with van der Waals surface area (Å²) in [6.07, 6.45) is -0.392. The monoisotopic (exact) mass is 161 g/mol. The highest BCUT2D eigenvalue weighted by Gasteiger charge is 2.38. The Morgan fingerprint density at radius 3 is 2.09 bits per heavy atom. The third-order valence-corrected chi connectivity index (χ3v) is 2.01. The van der Waals surface area contributed by atoms with Crippen molar-refractivity contribution in [3.8, 4) is 0 Å². The Bertz CT molecular complexity index is 194. The van der Waals surface area contributed by atoms with Crippen LogP contribution in [0.15, 0.2) is 11.3 Å². The number of rotatable bonds is 1. The zero-order valence-corrected chi connectivity index (χ0v) is 6.82. The van der Waals surface area contributed by atoms with Crippen LogP contribution < -0.4 is 5.73 Å². The second-order valence-electron chi connectivity index (χ2n) is 3.41. The summed E-state index contributed by atoms with van der Waals surface area (Å²) in [4.78, 5) is 0. The Labute approximate surface area is 65.3 Å². The number of halogens is 2. The lowest BCUT2D eigenvalue weighted by molar-refractivity contribution is 0.0113. The summed E-state index contributed by atoms with van der Waals surface area (Å²) in [6.45, 7) is 3.78. The Balaban J connectivity index is 2.75. The molecule has 0 atom stereocenters. The standard InChI is InChI=1S/C8H13F2N/c1-5(2)6-3-8(9,10)4-7(6)11/h5H,3-4,11H2,1-2H3. The van der Waals surface area contributed by atoms with E-state index in [0.29, 0.717) is 5.70 Å². The molecule has 0 radical (unpaired) electrons. The maximum atomic E-state index is 12.7. The van der Waals surface area contributed by atoms with Crippen LogP contribution in [0.3, 0.4) is 0 Å².